The van der Waals surface area contributed by atoms with E-state index in [0.29, 0.717) is 6.42 Å². The molecule has 1 aliphatic heterocycles. The predicted octanol–water partition coefficient (Wildman–Crippen LogP) is 1.79. The zero-order valence-electron chi connectivity index (χ0n) is 9.86. The minimum Gasteiger partial charge on any atom is -0.314 e. The zero-order valence-corrected chi connectivity index (χ0v) is 9.86. The highest BCUT2D eigenvalue weighted by Gasteiger charge is 2.33. The van der Waals surface area contributed by atoms with E-state index in [2.05, 4.69) is 19.2 Å². The van der Waals surface area contributed by atoms with Crippen molar-refractivity contribution in [3.63, 3.8) is 0 Å². The summed E-state index contributed by atoms with van der Waals surface area (Å²) in [5.74, 6) is 0.196. The van der Waals surface area contributed by atoms with E-state index in [1.54, 1.807) is 0 Å². The molecule has 1 heterocycles. The lowest BCUT2D eigenvalue weighted by molar-refractivity contribution is -0.119. The maximum Gasteiger partial charge on any atom is 0.228 e. The molecule has 3 nitrogen and oxygen atoms in total. The average molecular weight is 218 g/mol. The number of benzene rings is 1. The molecule has 0 unspecified atom stereocenters. The molecule has 2 rings (SSSR count). The Bertz CT molecular complexity index is 373. The number of carbonyl (C=O) groups is 1. The molecule has 0 aromatic heterocycles. The van der Waals surface area contributed by atoms with Crippen molar-refractivity contribution in [3.05, 3.63) is 30.3 Å². The summed E-state index contributed by atoms with van der Waals surface area (Å²) in [4.78, 5) is 14.0. The van der Waals surface area contributed by atoms with Gasteiger partial charge in [-0.1, -0.05) is 18.2 Å². The molecule has 1 fully saturated rings. The first-order valence-corrected chi connectivity index (χ1v) is 5.70. The van der Waals surface area contributed by atoms with Crippen molar-refractivity contribution in [1.29, 1.82) is 0 Å². The summed E-state index contributed by atoms with van der Waals surface area (Å²) < 4.78 is 0. The van der Waals surface area contributed by atoms with Gasteiger partial charge in [0.05, 0.1) is 5.54 Å². The Balaban J connectivity index is 2.38. The number of hydrogen-bond donors (Lipinski definition) is 1. The van der Waals surface area contributed by atoms with E-state index in [9.17, 15) is 4.79 Å². The number of amides is 1. The molecule has 1 N–H and O–H groups in total. The van der Waals surface area contributed by atoms with Crippen molar-refractivity contribution in [2.24, 2.45) is 0 Å². The lowest BCUT2D eigenvalue weighted by Gasteiger charge is -2.37. The highest BCUT2D eigenvalue weighted by molar-refractivity contribution is 5.95. The Morgan fingerprint density at radius 3 is 2.62 bits per heavy atom. The van der Waals surface area contributed by atoms with Crippen LogP contribution in [0.4, 0.5) is 5.69 Å². The summed E-state index contributed by atoms with van der Waals surface area (Å²) in [7, 11) is 0. The van der Waals surface area contributed by atoms with E-state index >= 15 is 0 Å². The topological polar surface area (TPSA) is 32.3 Å². The van der Waals surface area contributed by atoms with Crippen LogP contribution < -0.4 is 10.2 Å². The van der Waals surface area contributed by atoms with Crippen molar-refractivity contribution in [2.45, 2.75) is 25.8 Å². The summed E-state index contributed by atoms with van der Waals surface area (Å²) in [5.41, 5.74) is 0.816. The van der Waals surface area contributed by atoms with Crippen LogP contribution in [0.1, 0.15) is 20.3 Å². The number of rotatable bonds is 1. The highest BCUT2D eigenvalue weighted by atomic mass is 16.2. The molecule has 0 bridgehead atoms. The monoisotopic (exact) mass is 218 g/mol. The molecule has 16 heavy (non-hydrogen) atoms. The van der Waals surface area contributed by atoms with Gasteiger partial charge in [0.1, 0.15) is 0 Å². The van der Waals surface area contributed by atoms with Crippen LogP contribution in [-0.4, -0.2) is 24.5 Å². The molecule has 0 saturated carbocycles. The van der Waals surface area contributed by atoms with Gasteiger partial charge < -0.3 is 10.2 Å². The van der Waals surface area contributed by atoms with Gasteiger partial charge in [-0.3, -0.25) is 4.79 Å². The van der Waals surface area contributed by atoms with E-state index in [1.807, 2.05) is 35.2 Å². The minimum atomic E-state index is -0.172. The molecule has 86 valence electrons. The highest BCUT2D eigenvalue weighted by Crippen LogP contribution is 2.25. The predicted molar refractivity (Wildman–Crippen MR) is 65.5 cm³/mol. The van der Waals surface area contributed by atoms with E-state index in [-0.39, 0.29) is 11.4 Å². The summed E-state index contributed by atoms with van der Waals surface area (Å²) >= 11 is 0. The lowest BCUT2D eigenvalue weighted by Crippen LogP contribution is -2.51. The Morgan fingerprint density at radius 1 is 1.25 bits per heavy atom. The second kappa shape index (κ2) is 4.26. The second-order valence-corrected chi connectivity index (χ2v) is 4.80. The molecule has 3 heteroatoms. The van der Waals surface area contributed by atoms with Crippen LogP contribution in [0.2, 0.25) is 0 Å². The van der Waals surface area contributed by atoms with Crippen molar-refractivity contribution >= 4 is 11.6 Å². The van der Waals surface area contributed by atoms with Crippen LogP contribution in [-0.2, 0) is 4.79 Å². The van der Waals surface area contributed by atoms with Crippen LogP contribution in [0, 0.1) is 0 Å². The Labute approximate surface area is 96.5 Å². The summed E-state index contributed by atoms with van der Waals surface area (Å²) in [6.07, 6.45) is 0.568. The van der Waals surface area contributed by atoms with Gasteiger partial charge in [-0.05, 0) is 26.0 Å². The van der Waals surface area contributed by atoms with Crippen LogP contribution in [0.3, 0.4) is 0 Å². The van der Waals surface area contributed by atoms with Crippen LogP contribution in [0.5, 0.6) is 0 Å². The molecule has 0 aliphatic carbocycles. The van der Waals surface area contributed by atoms with E-state index < -0.39 is 0 Å². The third kappa shape index (κ3) is 2.09. The summed E-state index contributed by atoms with van der Waals surface area (Å²) in [6, 6.07) is 9.89. The third-order valence-corrected chi connectivity index (χ3v) is 2.94. The molecule has 1 aliphatic rings. The number of nitrogens with one attached hydrogen (secondary N) is 1. The van der Waals surface area contributed by atoms with Crippen molar-refractivity contribution in [2.75, 3.05) is 18.0 Å². The number of carbonyl (C=O) groups excluding carboxylic acids is 1. The minimum absolute atomic E-state index is 0.172. The van der Waals surface area contributed by atoms with Crippen LogP contribution >= 0.6 is 0 Å². The maximum absolute atomic E-state index is 12.1. The fourth-order valence-electron chi connectivity index (χ4n) is 2.19. The van der Waals surface area contributed by atoms with Gasteiger partial charge in [0, 0.05) is 25.2 Å². The van der Waals surface area contributed by atoms with Gasteiger partial charge in [0.25, 0.3) is 0 Å². The van der Waals surface area contributed by atoms with E-state index in [0.717, 1.165) is 18.8 Å². The SMILES string of the molecule is CC1(C)CNCCC(=O)N1c1ccccc1. The van der Waals surface area contributed by atoms with E-state index in [1.165, 1.54) is 0 Å². The molecule has 1 aromatic carbocycles. The fraction of sp³-hybridized carbons (Fsp3) is 0.462. The largest absolute Gasteiger partial charge is 0.314 e. The second-order valence-electron chi connectivity index (χ2n) is 4.80. The van der Waals surface area contributed by atoms with Crippen LogP contribution in [0.25, 0.3) is 0 Å². The van der Waals surface area contributed by atoms with Gasteiger partial charge >= 0.3 is 0 Å². The number of hydrogen-bond acceptors (Lipinski definition) is 2. The molecular formula is C13H18N2O. The smallest absolute Gasteiger partial charge is 0.228 e. The number of nitrogens with zero attached hydrogens (tertiary/aromatic N) is 1. The number of para-hydroxylation sites is 1. The summed E-state index contributed by atoms with van der Waals surface area (Å²) in [6.45, 7) is 5.78. The normalized spacial score (nSPS) is 20.6. The quantitative estimate of drug-likeness (QED) is 0.779. The van der Waals surface area contributed by atoms with Crippen molar-refractivity contribution in [1.82, 2.24) is 5.32 Å². The molecule has 0 spiro atoms. The lowest BCUT2D eigenvalue weighted by atomic mass is 10.0. The third-order valence-electron chi connectivity index (χ3n) is 2.94. The standard InChI is InChI=1S/C13H18N2O/c1-13(2)10-14-9-8-12(16)15(13)11-6-4-3-5-7-11/h3-7,14H,8-10H2,1-2H3. The summed E-state index contributed by atoms with van der Waals surface area (Å²) in [5, 5.41) is 3.31. The first-order valence-electron chi connectivity index (χ1n) is 5.70. The molecule has 1 aromatic rings. The molecule has 1 saturated heterocycles. The fourth-order valence-corrected chi connectivity index (χ4v) is 2.19. The number of anilines is 1. The maximum atomic E-state index is 12.1. The van der Waals surface area contributed by atoms with Crippen LogP contribution in [0.15, 0.2) is 30.3 Å². The Hall–Kier alpha value is -1.35. The average Bonchev–Trinajstić information content (AvgIpc) is 2.38. The molecule has 0 radical (unpaired) electrons. The molecule has 1 amide bonds. The molecular weight excluding hydrogens is 200 g/mol. The van der Waals surface area contributed by atoms with Gasteiger partial charge in [-0.15, -0.1) is 0 Å². The van der Waals surface area contributed by atoms with E-state index in [4.69, 9.17) is 0 Å². The van der Waals surface area contributed by atoms with Crippen molar-refractivity contribution in [3.8, 4) is 0 Å². The molecule has 0 atom stereocenters. The van der Waals surface area contributed by atoms with Gasteiger partial charge in [0.15, 0.2) is 0 Å². The first kappa shape index (κ1) is 11.1. The van der Waals surface area contributed by atoms with Crippen molar-refractivity contribution < 1.29 is 4.79 Å². The van der Waals surface area contributed by atoms with Gasteiger partial charge in [-0.25, -0.2) is 0 Å². The van der Waals surface area contributed by atoms with Gasteiger partial charge in [0.2, 0.25) is 5.91 Å². The Kier molecular flexibility index (Phi) is 2.97. The zero-order chi connectivity index (χ0) is 11.6. The Morgan fingerprint density at radius 2 is 1.94 bits per heavy atom. The first-order chi connectivity index (χ1) is 7.61. The van der Waals surface area contributed by atoms with Gasteiger partial charge in [-0.2, -0.15) is 0 Å².